The predicted octanol–water partition coefficient (Wildman–Crippen LogP) is 4.63. The highest BCUT2D eigenvalue weighted by molar-refractivity contribution is 7.22. The number of benzene rings is 2. The molecule has 2 aromatic heterocycles. The lowest BCUT2D eigenvalue weighted by molar-refractivity contribution is 0.0958. The lowest BCUT2D eigenvalue weighted by atomic mass is 10.3. The molecule has 0 aliphatic heterocycles. The molecule has 3 amide bonds. The number of ether oxygens (including phenoxy) is 1. The van der Waals surface area contributed by atoms with Crippen molar-refractivity contribution in [2.24, 2.45) is 0 Å². The highest BCUT2D eigenvalue weighted by Crippen LogP contribution is 2.27. The zero-order valence-electron chi connectivity index (χ0n) is 16.2. The Morgan fingerprint density at radius 2 is 1.81 bits per heavy atom. The quantitative estimate of drug-likeness (QED) is 0.422. The van der Waals surface area contributed by atoms with Gasteiger partial charge in [0.05, 0.1) is 10.2 Å². The summed E-state index contributed by atoms with van der Waals surface area (Å²) in [7, 11) is 1.52. The molecule has 0 saturated heterocycles. The van der Waals surface area contributed by atoms with Crippen molar-refractivity contribution in [3.05, 3.63) is 72.3 Å². The van der Waals surface area contributed by atoms with Gasteiger partial charge >= 0.3 is 6.03 Å². The van der Waals surface area contributed by atoms with Crippen molar-refractivity contribution >= 4 is 44.3 Å². The van der Waals surface area contributed by atoms with Gasteiger partial charge in [-0.2, -0.15) is 0 Å². The Morgan fingerprint density at radius 1 is 1.00 bits per heavy atom. The number of nitrogens with one attached hydrogen (secondary N) is 3. The number of halogens is 1. The van der Waals surface area contributed by atoms with E-state index in [1.54, 1.807) is 36.4 Å². The maximum Gasteiger partial charge on any atom is 0.325 e. The molecule has 4 rings (SSSR count). The first-order chi connectivity index (χ1) is 15.0. The number of aromatic nitrogens is 2. The Balaban J connectivity index is 1.37. The summed E-state index contributed by atoms with van der Waals surface area (Å²) in [4.78, 5) is 32.1. The van der Waals surface area contributed by atoms with Crippen LogP contribution in [0.3, 0.4) is 0 Å². The maximum atomic E-state index is 13.3. The molecule has 156 valence electrons. The SMILES string of the molecule is CNC(=O)c1cc(Oc2ccc(NC(=O)Nc3nc4ccc(F)cc4s3)cc2)ccn1. The molecule has 0 bridgehead atoms. The zero-order valence-corrected chi connectivity index (χ0v) is 17.0. The summed E-state index contributed by atoms with van der Waals surface area (Å²) >= 11 is 1.18. The van der Waals surface area contributed by atoms with E-state index in [2.05, 4.69) is 25.9 Å². The first-order valence-corrected chi connectivity index (χ1v) is 9.92. The predicted molar refractivity (Wildman–Crippen MR) is 116 cm³/mol. The number of anilines is 2. The van der Waals surface area contributed by atoms with E-state index < -0.39 is 6.03 Å². The lowest BCUT2D eigenvalue weighted by Crippen LogP contribution is -2.19. The fourth-order valence-corrected chi connectivity index (χ4v) is 3.57. The van der Waals surface area contributed by atoms with E-state index in [1.807, 2.05) is 0 Å². The van der Waals surface area contributed by atoms with Gasteiger partial charge in [0.15, 0.2) is 5.13 Å². The molecular weight excluding hydrogens is 421 g/mol. The van der Waals surface area contributed by atoms with Crippen LogP contribution in [-0.2, 0) is 0 Å². The smallest absolute Gasteiger partial charge is 0.325 e. The van der Waals surface area contributed by atoms with Crippen LogP contribution in [0, 0.1) is 5.82 Å². The largest absolute Gasteiger partial charge is 0.457 e. The van der Waals surface area contributed by atoms with E-state index in [9.17, 15) is 14.0 Å². The fourth-order valence-electron chi connectivity index (χ4n) is 2.68. The van der Waals surface area contributed by atoms with Gasteiger partial charge in [0.1, 0.15) is 23.0 Å². The van der Waals surface area contributed by atoms with E-state index in [-0.39, 0.29) is 17.4 Å². The topological polar surface area (TPSA) is 105 Å². The standard InChI is InChI=1S/C21H16FN5O3S/c1-23-19(28)17-11-15(8-9-24-17)30-14-5-3-13(4-6-14)25-20(29)27-21-26-16-7-2-12(22)10-18(16)31-21/h2-11H,1H3,(H,23,28)(H2,25,26,27,29). The summed E-state index contributed by atoms with van der Waals surface area (Å²) in [6.07, 6.45) is 1.48. The highest BCUT2D eigenvalue weighted by Gasteiger charge is 2.10. The third kappa shape index (κ3) is 4.93. The summed E-state index contributed by atoms with van der Waals surface area (Å²) in [6, 6.07) is 13.6. The minimum Gasteiger partial charge on any atom is -0.457 e. The van der Waals surface area contributed by atoms with Crippen LogP contribution in [0.5, 0.6) is 11.5 Å². The first-order valence-electron chi connectivity index (χ1n) is 9.10. The summed E-state index contributed by atoms with van der Waals surface area (Å²) in [5, 5.41) is 8.19. The molecule has 8 nitrogen and oxygen atoms in total. The Bertz CT molecular complexity index is 1260. The van der Waals surface area contributed by atoms with Gasteiger partial charge in [-0.1, -0.05) is 11.3 Å². The van der Waals surface area contributed by atoms with Crippen LogP contribution in [0.1, 0.15) is 10.5 Å². The van der Waals surface area contributed by atoms with Crippen molar-refractivity contribution < 1.29 is 18.7 Å². The summed E-state index contributed by atoms with van der Waals surface area (Å²) < 4.78 is 19.7. The van der Waals surface area contributed by atoms with E-state index in [0.29, 0.717) is 32.5 Å². The number of pyridine rings is 1. The minimum absolute atomic E-state index is 0.243. The monoisotopic (exact) mass is 437 g/mol. The molecule has 3 N–H and O–H groups in total. The van der Waals surface area contributed by atoms with Crippen LogP contribution in [0.25, 0.3) is 10.2 Å². The molecule has 0 saturated carbocycles. The van der Waals surface area contributed by atoms with Gasteiger partial charge in [-0.3, -0.25) is 15.1 Å². The number of carbonyl (C=O) groups is 2. The molecule has 0 spiro atoms. The summed E-state index contributed by atoms with van der Waals surface area (Å²) in [5.74, 6) is 0.313. The molecule has 0 aliphatic carbocycles. The lowest BCUT2D eigenvalue weighted by Gasteiger charge is -2.09. The molecule has 0 unspecified atom stereocenters. The number of carbonyl (C=O) groups excluding carboxylic acids is 2. The van der Waals surface area contributed by atoms with Crippen LogP contribution < -0.4 is 20.7 Å². The van der Waals surface area contributed by atoms with Crippen LogP contribution >= 0.6 is 11.3 Å². The second-order valence-electron chi connectivity index (χ2n) is 6.29. The molecule has 0 radical (unpaired) electrons. The first kappa shape index (κ1) is 20.2. The highest BCUT2D eigenvalue weighted by atomic mass is 32.1. The van der Waals surface area contributed by atoms with E-state index in [1.165, 1.54) is 42.8 Å². The van der Waals surface area contributed by atoms with Crippen LogP contribution in [0.2, 0.25) is 0 Å². The Kier molecular flexibility index (Phi) is 5.72. The van der Waals surface area contributed by atoms with Crippen LogP contribution in [0.4, 0.5) is 20.0 Å². The molecular formula is C21H16FN5O3S. The van der Waals surface area contributed by atoms with Crippen molar-refractivity contribution in [3.63, 3.8) is 0 Å². The number of urea groups is 1. The van der Waals surface area contributed by atoms with Crippen molar-refractivity contribution in [1.82, 2.24) is 15.3 Å². The Morgan fingerprint density at radius 3 is 2.58 bits per heavy atom. The van der Waals surface area contributed by atoms with E-state index in [4.69, 9.17) is 4.74 Å². The number of fused-ring (bicyclic) bond motifs is 1. The number of nitrogens with zero attached hydrogens (tertiary/aromatic N) is 2. The van der Waals surface area contributed by atoms with E-state index >= 15 is 0 Å². The van der Waals surface area contributed by atoms with Gasteiger partial charge in [0.25, 0.3) is 5.91 Å². The Hall–Kier alpha value is -4.05. The molecule has 10 heteroatoms. The number of hydrogen-bond acceptors (Lipinski definition) is 6. The average molecular weight is 437 g/mol. The second kappa shape index (κ2) is 8.76. The van der Waals surface area contributed by atoms with Gasteiger partial charge < -0.3 is 15.4 Å². The van der Waals surface area contributed by atoms with Gasteiger partial charge in [-0.15, -0.1) is 0 Å². The molecule has 0 aliphatic rings. The van der Waals surface area contributed by atoms with Gasteiger partial charge in [-0.05, 0) is 48.5 Å². The third-order valence-electron chi connectivity index (χ3n) is 4.11. The fraction of sp³-hybridized carbons (Fsp3) is 0.0476. The molecule has 2 heterocycles. The molecule has 0 fully saturated rings. The molecule has 0 atom stereocenters. The second-order valence-corrected chi connectivity index (χ2v) is 7.32. The number of thiazole rings is 1. The normalized spacial score (nSPS) is 10.5. The third-order valence-corrected chi connectivity index (χ3v) is 5.04. The van der Waals surface area contributed by atoms with Crippen LogP contribution in [-0.4, -0.2) is 29.0 Å². The Labute approximate surface area is 180 Å². The van der Waals surface area contributed by atoms with Crippen molar-refractivity contribution in [1.29, 1.82) is 0 Å². The number of rotatable bonds is 5. The van der Waals surface area contributed by atoms with Crippen molar-refractivity contribution in [2.45, 2.75) is 0 Å². The molecule has 2 aromatic carbocycles. The number of amides is 3. The van der Waals surface area contributed by atoms with Crippen LogP contribution in [0.15, 0.2) is 60.8 Å². The molecule has 4 aromatic rings. The van der Waals surface area contributed by atoms with Crippen molar-refractivity contribution in [2.75, 3.05) is 17.7 Å². The van der Waals surface area contributed by atoms with Gasteiger partial charge in [0, 0.05) is 25.0 Å². The molecule has 31 heavy (non-hydrogen) atoms. The average Bonchev–Trinajstić information content (AvgIpc) is 3.15. The maximum absolute atomic E-state index is 13.3. The minimum atomic E-state index is -0.474. The van der Waals surface area contributed by atoms with Gasteiger partial charge in [0.2, 0.25) is 0 Å². The van der Waals surface area contributed by atoms with E-state index in [0.717, 1.165) is 0 Å². The van der Waals surface area contributed by atoms with Gasteiger partial charge in [-0.25, -0.2) is 14.2 Å². The summed E-state index contributed by atoms with van der Waals surface area (Å²) in [5.41, 5.74) is 1.39. The number of hydrogen-bond donors (Lipinski definition) is 3. The zero-order chi connectivity index (χ0) is 21.8. The van der Waals surface area contributed by atoms with Crippen molar-refractivity contribution in [3.8, 4) is 11.5 Å². The summed E-state index contributed by atoms with van der Waals surface area (Å²) in [6.45, 7) is 0.